The minimum absolute atomic E-state index is 0.0535. The largest absolute Gasteiger partial charge is 0.496 e. The van der Waals surface area contributed by atoms with Crippen LogP contribution >= 0.6 is 0 Å². The Kier molecular flexibility index (Phi) is 4.35. The van der Waals surface area contributed by atoms with Crippen molar-refractivity contribution in [1.29, 1.82) is 0 Å². The van der Waals surface area contributed by atoms with E-state index in [9.17, 15) is 9.18 Å². The molecule has 0 saturated carbocycles. The quantitative estimate of drug-likeness (QED) is 0.929. The van der Waals surface area contributed by atoms with Gasteiger partial charge >= 0.3 is 0 Å². The predicted molar refractivity (Wildman–Crippen MR) is 75.3 cm³/mol. The lowest BCUT2D eigenvalue weighted by molar-refractivity contribution is 0.0947. The molecule has 0 spiro atoms. The number of carbonyl (C=O) groups excluding carboxylic acids is 1. The molecule has 4 heteroatoms. The molecule has 0 aliphatic heterocycles. The summed E-state index contributed by atoms with van der Waals surface area (Å²) in [7, 11) is 1.61. The van der Waals surface area contributed by atoms with Crippen LogP contribution in [0.1, 0.15) is 21.5 Å². The monoisotopic (exact) mass is 273 g/mol. The molecule has 0 heterocycles. The van der Waals surface area contributed by atoms with Crippen LogP contribution in [-0.4, -0.2) is 13.0 Å². The molecular formula is C16H16FNO2. The summed E-state index contributed by atoms with van der Waals surface area (Å²) < 4.78 is 18.6. The van der Waals surface area contributed by atoms with Gasteiger partial charge < -0.3 is 10.1 Å². The van der Waals surface area contributed by atoms with Crippen molar-refractivity contribution in [2.75, 3.05) is 7.11 Å². The predicted octanol–water partition coefficient (Wildman–Crippen LogP) is 3.07. The normalized spacial score (nSPS) is 10.2. The molecule has 1 amide bonds. The van der Waals surface area contributed by atoms with Crippen LogP contribution in [-0.2, 0) is 6.54 Å². The van der Waals surface area contributed by atoms with Gasteiger partial charge in [0.2, 0.25) is 0 Å². The van der Waals surface area contributed by atoms with Gasteiger partial charge in [-0.2, -0.15) is 0 Å². The highest BCUT2D eigenvalue weighted by atomic mass is 19.1. The summed E-state index contributed by atoms with van der Waals surface area (Å²) in [4.78, 5) is 11.9. The number of methoxy groups -OCH3 is 1. The molecule has 0 aliphatic rings. The van der Waals surface area contributed by atoms with Crippen molar-refractivity contribution >= 4 is 5.91 Å². The van der Waals surface area contributed by atoms with Crippen LogP contribution in [0.4, 0.5) is 4.39 Å². The minimum Gasteiger partial charge on any atom is -0.496 e. The maximum atomic E-state index is 13.5. The molecule has 2 aromatic rings. The second kappa shape index (κ2) is 6.19. The molecule has 0 radical (unpaired) electrons. The van der Waals surface area contributed by atoms with Crippen molar-refractivity contribution in [1.82, 2.24) is 5.32 Å². The van der Waals surface area contributed by atoms with Crippen molar-refractivity contribution in [2.45, 2.75) is 13.5 Å². The van der Waals surface area contributed by atoms with Gasteiger partial charge in [0.05, 0.1) is 12.7 Å². The zero-order chi connectivity index (χ0) is 14.5. The smallest absolute Gasteiger partial charge is 0.254 e. The van der Waals surface area contributed by atoms with E-state index in [0.29, 0.717) is 6.54 Å². The van der Waals surface area contributed by atoms with E-state index < -0.39 is 11.7 Å². The van der Waals surface area contributed by atoms with Gasteiger partial charge in [-0.1, -0.05) is 24.3 Å². The molecule has 0 atom stereocenters. The third-order valence-electron chi connectivity index (χ3n) is 3.03. The highest BCUT2D eigenvalue weighted by Gasteiger charge is 2.10. The summed E-state index contributed by atoms with van der Waals surface area (Å²) >= 11 is 0. The SMILES string of the molecule is COc1ccc(CNC(=O)c2ccccc2F)cc1C. The molecular weight excluding hydrogens is 257 g/mol. The highest BCUT2D eigenvalue weighted by Crippen LogP contribution is 2.18. The Bertz CT molecular complexity index is 626. The minimum atomic E-state index is -0.518. The van der Waals surface area contributed by atoms with Crippen LogP contribution < -0.4 is 10.1 Å². The Hall–Kier alpha value is -2.36. The molecule has 2 aromatic carbocycles. The second-order valence-electron chi connectivity index (χ2n) is 4.47. The summed E-state index contributed by atoms with van der Waals surface area (Å²) in [5, 5.41) is 2.70. The summed E-state index contributed by atoms with van der Waals surface area (Å²) in [6.07, 6.45) is 0. The first-order valence-electron chi connectivity index (χ1n) is 6.28. The average Bonchev–Trinajstić information content (AvgIpc) is 2.45. The van der Waals surface area contributed by atoms with Gasteiger partial charge in [0.15, 0.2) is 0 Å². The number of amides is 1. The van der Waals surface area contributed by atoms with Gasteiger partial charge in [-0.25, -0.2) is 4.39 Å². The van der Waals surface area contributed by atoms with Crippen LogP contribution in [0.2, 0.25) is 0 Å². The van der Waals surface area contributed by atoms with E-state index in [1.54, 1.807) is 19.2 Å². The number of hydrogen-bond donors (Lipinski definition) is 1. The van der Waals surface area contributed by atoms with E-state index in [0.717, 1.165) is 16.9 Å². The summed E-state index contributed by atoms with van der Waals surface area (Å²) in [5.41, 5.74) is 1.98. The van der Waals surface area contributed by atoms with Gasteiger partial charge in [-0.3, -0.25) is 4.79 Å². The van der Waals surface area contributed by atoms with E-state index in [2.05, 4.69) is 5.32 Å². The Balaban J connectivity index is 2.04. The zero-order valence-electron chi connectivity index (χ0n) is 11.4. The molecule has 0 aliphatic carbocycles. The molecule has 104 valence electrons. The second-order valence-corrected chi connectivity index (χ2v) is 4.47. The van der Waals surface area contributed by atoms with Crippen LogP contribution in [0, 0.1) is 12.7 Å². The molecule has 0 saturated heterocycles. The lowest BCUT2D eigenvalue weighted by atomic mass is 10.1. The highest BCUT2D eigenvalue weighted by molar-refractivity contribution is 5.94. The first-order valence-corrected chi connectivity index (χ1v) is 6.28. The lowest BCUT2D eigenvalue weighted by Gasteiger charge is -2.09. The Labute approximate surface area is 117 Å². The number of carbonyl (C=O) groups is 1. The Morgan fingerprint density at radius 3 is 2.65 bits per heavy atom. The van der Waals surface area contributed by atoms with Gasteiger partial charge in [0, 0.05) is 6.54 Å². The number of hydrogen-bond acceptors (Lipinski definition) is 2. The third kappa shape index (κ3) is 3.15. The maximum Gasteiger partial charge on any atom is 0.254 e. The van der Waals surface area contributed by atoms with E-state index >= 15 is 0 Å². The van der Waals surface area contributed by atoms with Gasteiger partial charge in [-0.05, 0) is 36.2 Å². The molecule has 0 aromatic heterocycles. The van der Waals surface area contributed by atoms with Crippen molar-refractivity contribution in [2.24, 2.45) is 0 Å². The standard InChI is InChI=1S/C16H16FNO2/c1-11-9-12(7-8-15(11)20-2)10-18-16(19)13-5-3-4-6-14(13)17/h3-9H,10H2,1-2H3,(H,18,19). The van der Waals surface area contributed by atoms with Crippen molar-refractivity contribution < 1.29 is 13.9 Å². The van der Waals surface area contributed by atoms with E-state index in [-0.39, 0.29) is 5.56 Å². The van der Waals surface area contributed by atoms with Crippen LogP contribution in [0.5, 0.6) is 5.75 Å². The molecule has 0 bridgehead atoms. The molecule has 3 nitrogen and oxygen atoms in total. The fraction of sp³-hybridized carbons (Fsp3) is 0.188. The Morgan fingerprint density at radius 1 is 1.25 bits per heavy atom. The van der Waals surface area contributed by atoms with Gasteiger partial charge in [0.1, 0.15) is 11.6 Å². The van der Waals surface area contributed by atoms with Crippen molar-refractivity contribution in [3.63, 3.8) is 0 Å². The Morgan fingerprint density at radius 2 is 2.00 bits per heavy atom. The first-order chi connectivity index (χ1) is 9.61. The molecule has 2 rings (SSSR count). The van der Waals surface area contributed by atoms with Crippen molar-refractivity contribution in [3.05, 3.63) is 65.0 Å². The average molecular weight is 273 g/mol. The van der Waals surface area contributed by atoms with Crippen LogP contribution in [0.3, 0.4) is 0 Å². The van der Waals surface area contributed by atoms with Crippen LogP contribution in [0.25, 0.3) is 0 Å². The number of ether oxygens (including phenoxy) is 1. The fourth-order valence-corrected chi connectivity index (χ4v) is 1.97. The summed E-state index contributed by atoms with van der Waals surface area (Å²) in [6.45, 7) is 2.28. The third-order valence-corrected chi connectivity index (χ3v) is 3.03. The topological polar surface area (TPSA) is 38.3 Å². The van der Waals surface area contributed by atoms with Crippen LogP contribution in [0.15, 0.2) is 42.5 Å². The van der Waals surface area contributed by atoms with E-state index in [1.165, 1.54) is 12.1 Å². The van der Waals surface area contributed by atoms with E-state index in [4.69, 9.17) is 4.74 Å². The fourth-order valence-electron chi connectivity index (χ4n) is 1.97. The van der Waals surface area contributed by atoms with Gasteiger partial charge in [0.25, 0.3) is 5.91 Å². The molecule has 0 fully saturated rings. The maximum absolute atomic E-state index is 13.5. The van der Waals surface area contributed by atoms with E-state index in [1.807, 2.05) is 25.1 Å². The summed E-state index contributed by atoms with van der Waals surface area (Å²) in [5.74, 6) is -0.137. The summed E-state index contributed by atoms with van der Waals surface area (Å²) in [6, 6.07) is 11.6. The number of aryl methyl sites for hydroxylation is 1. The number of rotatable bonds is 4. The van der Waals surface area contributed by atoms with Gasteiger partial charge in [-0.15, -0.1) is 0 Å². The number of halogens is 1. The first kappa shape index (κ1) is 14.1. The number of benzene rings is 2. The molecule has 20 heavy (non-hydrogen) atoms. The lowest BCUT2D eigenvalue weighted by Crippen LogP contribution is -2.23. The molecule has 1 N–H and O–H groups in total. The van der Waals surface area contributed by atoms with Crippen molar-refractivity contribution in [3.8, 4) is 5.75 Å². The molecule has 0 unspecified atom stereocenters. The zero-order valence-corrected chi connectivity index (χ0v) is 11.4. The number of nitrogens with one attached hydrogen (secondary N) is 1.